The van der Waals surface area contributed by atoms with Crippen LogP contribution in [0.1, 0.15) is 75.1 Å². The molecule has 0 unspecified atom stereocenters. The molecule has 3 aromatic rings. The Morgan fingerprint density at radius 2 is 1.50 bits per heavy atom. The molecule has 4 nitrogen and oxygen atoms in total. The van der Waals surface area contributed by atoms with Crippen LogP contribution < -0.4 is 4.72 Å². The average molecular weight is 453 g/mol. The van der Waals surface area contributed by atoms with Gasteiger partial charge in [-0.15, -0.1) is 0 Å². The van der Waals surface area contributed by atoms with E-state index >= 15 is 0 Å². The van der Waals surface area contributed by atoms with Crippen LogP contribution in [0, 0.1) is 13.8 Å². The summed E-state index contributed by atoms with van der Waals surface area (Å²) >= 11 is 0. The normalized spacial score (nSPS) is 11.7. The summed E-state index contributed by atoms with van der Waals surface area (Å²) in [4.78, 5) is 4.89. The predicted molar refractivity (Wildman–Crippen MR) is 135 cm³/mol. The van der Waals surface area contributed by atoms with E-state index < -0.39 is 10.0 Å². The van der Waals surface area contributed by atoms with Crippen LogP contribution in [0.25, 0.3) is 10.9 Å². The van der Waals surface area contributed by atoms with E-state index in [1.807, 2.05) is 44.2 Å². The summed E-state index contributed by atoms with van der Waals surface area (Å²) in [5, 5.41) is 0.913. The van der Waals surface area contributed by atoms with Gasteiger partial charge in [-0.3, -0.25) is 9.71 Å². The number of rotatable bonds is 12. The van der Waals surface area contributed by atoms with Gasteiger partial charge in [-0.05, 0) is 56.0 Å². The summed E-state index contributed by atoms with van der Waals surface area (Å²) in [5.74, 6) is 0. The third kappa shape index (κ3) is 6.32. The number of fused-ring (bicyclic) bond motifs is 1. The van der Waals surface area contributed by atoms with Gasteiger partial charge in [0.05, 0.1) is 16.1 Å². The number of nitrogens with one attached hydrogen (secondary N) is 1. The average Bonchev–Trinajstić information content (AvgIpc) is 2.76. The molecule has 0 bridgehead atoms. The molecule has 0 aliphatic rings. The van der Waals surface area contributed by atoms with Gasteiger partial charge >= 0.3 is 0 Å². The van der Waals surface area contributed by atoms with Crippen LogP contribution >= 0.6 is 0 Å². The standard InChI is InChI=1S/C27H36N2O2S/c1-4-5-6-7-8-9-10-11-14-23-15-13-18-26(22(23)3)32(30,31)29-25-17-12-16-24-20-19-21(2)28-27(24)25/h12-13,15-20,29H,4-11,14H2,1-3H3. The van der Waals surface area contributed by atoms with Crippen molar-refractivity contribution < 1.29 is 8.42 Å². The highest BCUT2D eigenvalue weighted by Crippen LogP contribution is 2.27. The molecule has 0 spiro atoms. The van der Waals surface area contributed by atoms with E-state index in [0.717, 1.165) is 35.0 Å². The van der Waals surface area contributed by atoms with Crippen molar-refractivity contribution in [1.29, 1.82) is 0 Å². The van der Waals surface area contributed by atoms with Crippen molar-refractivity contribution in [1.82, 2.24) is 4.98 Å². The van der Waals surface area contributed by atoms with E-state index in [9.17, 15) is 8.42 Å². The minimum Gasteiger partial charge on any atom is -0.277 e. The van der Waals surface area contributed by atoms with Gasteiger partial charge in [-0.2, -0.15) is 0 Å². The zero-order chi connectivity index (χ0) is 23.0. The molecule has 0 amide bonds. The molecule has 1 aromatic heterocycles. The van der Waals surface area contributed by atoms with Crippen molar-refractivity contribution in [3.63, 3.8) is 0 Å². The molecule has 0 saturated heterocycles. The van der Waals surface area contributed by atoms with Crippen LogP contribution in [0.5, 0.6) is 0 Å². The van der Waals surface area contributed by atoms with E-state index in [1.54, 1.807) is 12.1 Å². The highest BCUT2D eigenvalue weighted by molar-refractivity contribution is 7.92. The number of benzene rings is 2. The van der Waals surface area contributed by atoms with Crippen molar-refractivity contribution in [2.24, 2.45) is 0 Å². The van der Waals surface area contributed by atoms with Gasteiger partial charge in [-0.1, -0.05) is 82.2 Å². The smallest absolute Gasteiger partial charge is 0.262 e. The zero-order valence-corrected chi connectivity index (χ0v) is 20.5. The largest absolute Gasteiger partial charge is 0.277 e. The van der Waals surface area contributed by atoms with Crippen LogP contribution in [-0.4, -0.2) is 13.4 Å². The van der Waals surface area contributed by atoms with E-state index in [4.69, 9.17) is 0 Å². The SMILES string of the molecule is CCCCCCCCCCc1cccc(S(=O)(=O)Nc2cccc3ccc(C)nc23)c1C. The van der Waals surface area contributed by atoms with Gasteiger partial charge < -0.3 is 0 Å². The number of pyridine rings is 1. The molecule has 0 aliphatic carbocycles. The lowest BCUT2D eigenvalue weighted by Crippen LogP contribution is -2.15. The maximum absolute atomic E-state index is 13.3. The molecular formula is C27H36N2O2S. The number of unbranched alkanes of at least 4 members (excludes halogenated alkanes) is 7. The monoisotopic (exact) mass is 452 g/mol. The van der Waals surface area contributed by atoms with E-state index in [1.165, 1.54) is 44.9 Å². The van der Waals surface area contributed by atoms with Crippen LogP contribution in [0.15, 0.2) is 53.4 Å². The van der Waals surface area contributed by atoms with Crippen molar-refractivity contribution in [3.05, 3.63) is 65.4 Å². The Hall–Kier alpha value is -2.40. The molecular weight excluding hydrogens is 416 g/mol. The molecule has 0 aliphatic heterocycles. The minimum absolute atomic E-state index is 0.347. The molecule has 2 aromatic carbocycles. The summed E-state index contributed by atoms with van der Waals surface area (Å²) in [5.41, 5.74) is 3.99. The number of aromatic nitrogens is 1. The molecule has 3 rings (SSSR count). The molecule has 0 atom stereocenters. The van der Waals surface area contributed by atoms with Crippen molar-refractivity contribution >= 4 is 26.6 Å². The first kappa shape index (κ1) is 24.2. The molecule has 5 heteroatoms. The summed E-state index contributed by atoms with van der Waals surface area (Å²) in [6.45, 7) is 6.07. The van der Waals surface area contributed by atoms with Gasteiger partial charge in [0, 0.05) is 11.1 Å². The van der Waals surface area contributed by atoms with Crippen molar-refractivity contribution in [3.8, 4) is 0 Å². The second-order valence-electron chi connectivity index (χ2n) is 8.70. The summed E-state index contributed by atoms with van der Waals surface area (Å²) in [7, 11) is -3.71. The van der Waals surface area contributed by atoms with E-state index in [2.05, 4.69) is 22.7 Å². The van der Waals surface area contributed by atoms with Crippen LogP contribution in [-0.2, 0) is 16.4 Å². The molecule has 1 N–H and O–H groups in total. The molecule has 32 heavy (non-hydrogen) atoms. The zero-order valence-electron chi connectivity index (χ0n) is 19.7. The predicted octanol–water partition coefficient (Wildman–Crippen LogP) is 7.34. The van der Waals surface area contributed by atoms with Gasteiger partial charge in [-0.25, -0.2) is 8.42 Å². The Bertz CT molecular complexity index is 1140. The maximum Gasteiger partial charge on any atom is 0.262 e. The Labute approximate surface area is 193 Å². The van der Waals surface area contributed by atoms with Gasteiger partial charge in [0.25, 0.3) is 10.0 Å². The fraction of sp³-hybridized carbons (Fsp3) is 0.444. The van der Waals surface area contributed by atoms with Gasteiger partial charge in [0.15, 0.2) is 0 Å². The fourth-order valence-corrected chi connectivity index (χ4v) is 5.55. The minimum atomic E-state index is -3.71. The highest BCUT2D eigenvalue weighted by atomic mass is 32.2. The van der Waals surface area contributed by atoms with Crippen LogP contribution in [0.3, 0.4) is 0 Å². The van der Waals surface area contributed by atoms with Gasteiger partial charge in [0.1, 0.15) is 0 Å². The number of hydrogen-bond acceptors (Lipinski definition) is 3. The topological polar surface area (TPSA) is 59.1 Å². The molecule has 172 valence electrons. The third-order valence-electron chi connectivity index (χ3n) is 6.09. The van der Waals surface area contributed by atoms with E-state index in [-0.39, 0.29) is 0 Å². The maximum atomic E-state index is 13.3. The first-order chi connectivity index (χ1) is 15.4. The molecule has 1 heterocycles. The number of nitrogens with zero attached hydrogens (tertiary/aromatic N) is 1. The lowest BCUT2D eigenvalue weighted by Gasteiger charge is -2.15. The summed E-state index contributed by atoms with van der Waals surface area (Å²) in [6, 6.07) is 15.1. The molecule has 0 saturated carbocycles. The first-order valence-corrected chi connectivity index (χ1v) is 13.4. The van der Waals surface area contributed by atoms with Crippen LogP contribution in [0.4, 0.5) is 5.69 Å². The number of sulfonamides is 1. The Morgan fingerprint density at radius 1 is 0.812 bits per heavy atom. The Morgan fingerprint density at radius 3 is 2.25 bits per heavy atom. The number of hydrogen-bond donors (Lipinski definition) is 1. The van der Waals surface area contributed by atoms with Crippen LogP contribution in [0.2, 0.25) is 0 Å². The summed E-state index contributed by atoms with van der Waals surface area (Å²) < 4.78 is 29.3. The summed E-state index contributed by atoms with van der Waals surface area (Å²) in [6.07, 6.45) is 11.1. The third-order valence-corrected chi connectivity index (χ3v) is 7.60. The second-order valence-corrected chi connectivity index (χ2v) is 10.4. The Balaban J connectivity index is 1.68. The lowest BCUT2D eigenvalue weighted by atomic mass is 10.0. The lowest BCUT2D eigenvalue weighted by molar-refractivity contribution is 0.575. The number of anilines is 1. The van der Waals surface area contributed by atoms with E-state index in [0.29, 0.717) is 16.1 Å². The molecule has 0 fully saturated rings. The first-order valence-electron chi connectivity index (χ1n) is 11.9. The Kier molecular flexibility index (Phi) is 8.68. The fourth-order valence-electron chi connectivity index (χ4n) is 4.20. The number of para-hydroxylation sites is 1. The van der Waals surface area contributed by atoms with Crippen molar-refractivity contribution in [2.45, 2.75) is 83.5 Å². The molecule has 0 radical (unpaired) electrons. The second kappa shape index (κ2) is 11.5. The number of aryl methyl sites for hydroxylation is 2. The van der Waals surface area contributed by atoms with Gasteiger partial charge in [0.2, 0.25) is 0 Å². The quantitative estimate of drug-likeness (QED) is 0.293. The van der Waals surface area contributed by atoms with Crippen molar-refractivity contribution in [2.75, 3.05) is 4.72 Å². The highest BCUT2D eigenvalue weighted by Gasteiger charge is 2.20.